The quantitative estimate of drug-likeness (QED) is 0.863. The average molecular weight is 360 g/mol. The first-order valence-corrected chi connectivity index (χ1v) is 9.00. The van der Waals surface area contributed by atoms with Crippen molar-refractivity contribution in [2.45, 2.75) is 59.8 Å². The van der Waals surface area contributed by atoms with Crippen molar-refractivity contribution >= 4 is 29.4 Å². The fraction of sp³-hybridized carbons (Fsp3) is 0.611. The lowest BCUT2D eigenvalue weighted by atomic mass is 9.92. The number of rotatable bonds is 4. The second-order valence-corrected chi connectivity index (χ2v) is 7.42. The molecule has 1 aromatic heterocycles. The van der Waals surface area contributed by atoms with Gasteiger partial charge in [0, 0.05) is 23.7 Å². The van der Waals surface area contributed by atoms with Crippen molar-refractivity contribution in [2.24, 2.45) is 15.9 Å². The van der Waals surface area contributed by atoms with E-state index in [9.17, 15) is 9.59 Å². The van der Waals surface area contributed by atoms with Crippen molar-refractivity contribution in [2.75, 3.05) is 11.9 Å². The van der Waals surface area contributed by atoms with Gasteiger partial charge in [-0.2, -0.15) is 14.8 Å². The Morgan fingerprint density at radius 1 is 1.27 bits per heavy atom. The Morgan fingerprint density at radius 3 is 2.50 bits per heavy atom. The smallest absolute Gasteiger partial charge is 0.320 e. The number of carbonyl (C=O) groups excluding carboxylic acids is 2. The number of hydrogen-bond donors (Lipinski definition) is 2. The molecule has 0 aromatic carbocycles. The molecule has 26 heavy (non-hydrogen) atoms. The van der Waals surface area contributed by atoms with Crippen LogP contribution in [0.25, 0.3) is 0 Å². The van der Waals surface area contributed by atoms with Crippen molar-refractivity contribution in [1.82, 2.24) is 15.1 Å². The third-order valence-corrected chi connectivity index (χ3v) is 4.14. The zero-order valence-corrected chi connectivity index (χ0v) is 16.4. The van der Waals surface area contributed by atoms with Crippen LogP contribution in [0, 0.1) is 5.92 Å². The van der Waals surface area contributed by atoms with E-state index in [1.54, 1.807) is 6.07 Å². The van der Waals surface area contributed by atoms with Crippen molar-refractivity contribution in [1.29, 1.82) is 0 Å². The fourth-order valence-electron chi connectivity index (χ4n) is 2.57. The molecule has 0 saturated carbocycles. The molecule has 1 aliphatic heterocycles. The van der Waals surface area contributed by atoms with Gasteiger partial charge in [-0.25, -0.2) is 9.79 Å². The molecule has 8 nitrogen and oxygen atoms in total. The molecule has 1 aliphatic rings. The highest BCUT2D eigenvalue weighted by atomic mass is 16.2. The first-order chi connectivity index (χ1) is 12.2. The van der Waals surface area contributed by atoms with Gasteiger partial charge in [-0.1, -0.05) is 34.6 Å². The van der Waals surface area contributed by atoms with Gasteiger partial charge < -0.3 is 5.32 Å². The van der Waals surface area contributed by atoms with E-state index < -0.39 is 0 Å². The number of nitrogens with one attached hydrogen (secondary N) is 2. The maximum atomic E-state index is 12.3. The van der Waals surface area contributed by atoms with Crippen LogP contribution in [0.5, 0.6) is 0 Å². The maximum Gasteiger partial charge on any atom is 0.320 e. The molecule has 142 valence electrons. The molecule has 1 unspecified atom stereocenters. The minimum atomic E-state index is -0.330. The van der Waals surface area contributed by atoms with E-state index in [2.05, 4.69) is 25.7 Å². The number of amides is 3. The number of carbonyl (C=O) groups is 2. The highest BCUT2D eigenvalue weighted by Gasteiger charge is 2.28. The summed E-state index contributed by atoms with van der Waals surface area (Å²) in [6.45, 7) is 12.4. The maximum absolute atomic E-state index is 12.3. The van der Waals surface area contributed by atoms with Crippen molar-refractivity contribution in [3.8, 4) is 0 Å². The van der Waals surface area contributed by atoms with Gasteiger partial charge >= 0.3 is 6.03 Å². The second kappa shape index (κ2) is 7.80. The van der Waals surface area contributed by atoms with E-state index in [4.69, 9.17) is 0 Å². The summed E-state index contributed by atoms with van der Waals surface area (Å²) < 4.78 is 1.43. The molecule has 2 heterocycles. The van der Waals surface area contributed by atoms with Gasteiger partial charge in [-0.05, 0) is 19.8 Å². The van der Waals surface area contributed by atoms with Gasteiger partial charge in [0.25, 0.3) is 11.9 Å². The molecule has 0 bridgehead atoms. The van der Waals surface area contributed by atoms with Crippen LogP contribution in [0.15, 0.2) is 16.1 Å². The summed E-state index contributed by atoms with van der Waals surface area (Å²) in [7, 11) is 0. The molecule has 0 saturated heterocycles. The largest absolute Gasteiger partial charge is 0.338 e. The van der Waals surface area contributed by atoms with Crippen LogP contribution in [0.2, 0.25) is 0 Å². The third-order valence-electron chi connectivity index (χ3n) is 4.14. The fourth-order valence-corrected chi connectivity index (χ4v) is 2.57. The number of aromatic nitrogens is 2. The van der Waals surface area contributed by atoms with Crippen LogP contribution < -0.4 is 10.6 Å². The summed E-state index contributed by atoms with van der Waals surface area (Å²) in [5, 5.41) is 10.1. The van der Waals surface area contributed by atoms with E-state index in [0.29, 0.717) is 24.5 Å². The summed E-state index contributed by atoms with van der Waals surface area (Å²) in [5.74, 6) is 0.0879. The zero-order chi connectivity index (χ0) is 19.5. The highest BCUT2D eigenvalue weighted by molar-refractivity contribution is 6.15. The van der Waals surface area contributed by atoms with E-state index in [1.165, 1.54) is 4.68 Å². The zero-order valence-electron chi connectivity index (χ0n) is 16.4. The SMILES string of the molecule is CCCNC(=O)Nc1cc(C(C)(C)C)nn1C1=NC(=O)C(CC)C(C)=N1. The Morgan fingerprint density at radius 2 is 1.96 bits per heavy atom. The standard InChI is InChI=1S/C18H28N6O2/c1-7-9-19-17(26)21-14-10-13(18(4,5)6)23-24(14)16-20-11(3)12(8-2)15(25)22-16/h10,12H,7-9H2,1-6H3,(H2,19,21,26). The molecular weight excluding hydrogens is 332 g/mol. The minimum absolute atomic E-state index is 0.179. The summed E-state index contributed by atoms with van der Waals surface area (Å²) in [6, 6.07) is 1.46. The Balaban J connectivity index is 2.42. The first-order valence-electron chi connectivity index (χ1n) is 9.00. The van der Waals surface area contributed by atoms with Gasteiger partial charge in [0.05, 0.1) is 11.6 Å². The van der Waals surface area contributed by atoms with E-state index in [0.717, 1.165) is 12.1 Å². The van der Waals surface area contributed by atoms with E-state index >= 15 is 0 Å². The lowest BCUT2D eigenvalue weighted by Gasteiger charge is -2.18. The molecule has 1 atom stereocenters. The summed E-state index contributed by atoms with van der Waals surface area (Å²) in [6.07, 6.45) is 1.49. The van der Waals surface area contributed by atoms with E-state index in [-0.39, 0.29) is 29.2 Å². The van der Waals surface area contributed by atoms with Crippen LogP contribution in [-0.2, 0) is 10.2 Å². The van der Waals surface area contributed by atoms with Gasteiger partial charge in [0.1, 0.15) is 5.82 Å². The van der Waals surface area contributed by atoms with Gasteiger partial charge in [-0.15, -0.1) is 0 Å². The number of urea groups is 1. The van der Waals surface area contributed by atoms with Crippen LogP contribution >= 0.6 is 0 Å². The molecule has 0 aliphatic carbocycles. The van der Waals surface area contributed by atoms with Crippen molar-refractivity contribution in [3.63, 3.8) is 0 Å². The predicted molar refractivity (Wildman–Crippen MR) is 103 cm³/mol. The van der Waals surface area contributed by atoms with Crippen LogP contribution in [0.1, 0.15) is 60.1 Å². The Labute approximate surface area is 154 Å². The van der Waals surface area contributed by atoms with Crippen molar-refractivity contribution < 1.29 is 9.59 Å². The number of hydrogen-bond acceptors (Lipinski definition) is 4. The molecule has 3 amide bonds. The van der Waals surface area contributed by atoms with Gasteiger partial charge in [0.2, 0.25) is 0 Å². The van der Waals surface area contributed by atoms with Gasteiger partial charge in [-0.3, -0.25) is 10.1 Å². The first kappa shape index (κ1) is 19.8. The molecular formula is C18H28N6O2. The summed E-state index contributed by atoms with van der Waals surface area (Å²) in [4.78, 5) is 32.9. The lowest BCUT2D eigenvalue weighted by molar-refractivity contribution is -0.119. The van der Waals surface area contributed by atoms with Crippen LogP contribution in [0.3, 0.4) is 0 Å². The Bertz CT molecular complexity index is 754. The topological polar surface area (TPSA) is 101 Å². The molecule has 8 heteroatoms. The monoisotopic (exact) mass is 360 g/mol. The molecule has 2 rings (SSSR count). The highest BCUT2D eigenvalue weighted by Crippen LogP contribution is 2.25. The number of nitrogens with zero attached hydrogens (tertiary/aromatic N) is 4. The predicted octanol–water partition coefficient (Wildman–Crippen LogP) is 2.94. The number of aliphatic imine (C=N–C) groups is 2. The summed E-state index contributed by atoms with van der Waals surface area (Å²) in [5.41, 5.74) is 1.24. The third kappa shape index (κ3) is 4.36. The van der Waals surface area contributed by atoms with Crippen LogP contribution in [-0.4, -0.2) is 39.9 Å². The lowest BCUT2D eigenvalue weighted by Crippen LogP contribution is -2.33. The number of anilines is 1. The minimum Gasteiger partial charge on any atom is -0.338 e. The Hall–Kier alpha value is -2.51. The van der Waals surface area contributed by atoms with Gasteiger partial charge in [0.15, 0.2) is 0 Å². The average Bonchev–Trinajstić information content (AvgIpc) is 2.96. The molecule has 0 fully saturated rings. The summed E-state index contributed by atoms with van der Waals surface area (Å²) >= 11 is 0. The molecule has 1 aromatic rings. The second-order valence-electron chi connectivity index (χ2n) is 7.42. The molecule has 0 spiro atoms. The normalized spacial score (nSPS) is 17.6. The molecule has 0 radical (unpaired) electrons. The molecule has 2 N–H and O–H groups in total. The van der Waals surface area contributed by atoms with Crippen LogP contribution in [0.4, 0.5) is 10.6 Å². The Kier molecular flexibility index (Phi) is 5.94. The van der Waals surface area contributed by atoms with E-state index in [1.807, 2.05) is 41.5 Å². The van der Waals surface area contributed by atoms with Crippen molar-refractivity contribution in [3.05, 3.63) is 11.8 Å².